The summed E-state index contributed by atoms with van der Waals surface area (Å²) in [5.41, 5.74) is 0.545. The molecule has 1 saturated heterocycles. The first-order valence-corrected chi connectivity index (χ1v) is 9.07. The predicted molar refractivity (Wildman–Crippen MR) is 99.7 cm³/mol. The number of likely N-dealkylation sites (tertiary alicyclic amines) is 1. The summed E-state index contributed by atoms with van der Waals surface area (Å²) in [6, 6.07) is 5.21. The second-order valence-corrected chi connectivity index (χ2v) is 7.75. The summed E-state index contributed by atoms with van der Waals surface area (Å²) in [4.78, 5) is 37.8. The first-order chi connectivity index (χ1) is 12.7. The van der Waals surface area contributed by atoms with Crippen molar-refractivity contribution in [2.75, 3.05) is 30.3 Å². The lowest BCUT2D eigenvalue weighted by Gasteiger charge is -2.33. The van der Waals surface area contributed by atoms with E-state index in [1.165, 1.54) is 0 Å². The van der Waals surface area contributed by atoms with Gasteiger partial charge < -0.3 is 25.0 Å². The number of amides is 3. The van der Waals surface area contributed by atoms with Crippen LogP contribution in [0.15, 0.2) is 18.2 Å². The highest BCUT2D eigenvalue weighted by Gasteiger charge is 2.30. The standard InChI is InChI=1S/C19H25N3O5/c1-19(2,3)27-18(25)22-9-7-12(8-10-22)17(24)21-14-6-4-5-13-16(14)26-11-15(23)20-13/h4-6,12H,7-11H2,1-3H3,(H,20,23)(H,21,24). The number of rotatable bonds is 2. The van der Waals surface area contributed by atoms with Gasteiger partial charge in [-0.1, -0.05) is 6.07 Å². The Morgan fingerprint density at radius 3 is 2.63 bits per heavy atom. The predicted octanol–water partition coefficient (Wildman–Crippen LogP) is 2.60. The van der Waals surface area contributed by atoms with Gasteiger partial charge in [0.2, 0.25) is 5.91 Å². The molecule has 8 nitrogen and oxygen atoms in total. The number of carbonyl (C=O) groups is 3. The lowest BCUT2D eigenvalue weighted by atomic mass is 9.96. The van der Waals surface area contributed by atoms with Gasteiger partial charge in [0.1, 0.15) is 5.60 Å². The normalized spacial score (nSPS) is 17.4. The second-order valence-electron chi connectivity index (χ2n) is 7.75. The molecular formula is C19H25N3O5. The third-order valence-electron chi connectivity index (χ3n) is 4.41. The zero-order valence-corrected chi connectivity index (χ0v) is 15.8. The molecular weight excluding hydrogens is 350 g/mol. The van der Waals surface area contributed by atoms with Crippen LogP contribution in [0.1, 0.15) is 33.6 Å². The minimum absolute atomic E-state index is 0.0752. The zero-order chi connectivity index (χ0) is 19.6. The number of fused-ring (bicyclic) bond motifs is 1. The molecule has 0 radical (unpaired) electrons. The first kappa shape index (κ1) is 19.0. The Balaban J connectivity index is 1.57. The van der Waals surface area contributed by atoms with E-state index in [-0.39, 0.29) is 30.4 Å². The van der Waals surface area contributed by atoms with Crippen molar-refractivity contribution >= 4 is 29.3 Å². The van der Waals surface area contributed by atoms with E-state index in [2.05, 4.69) is 10.6 Å². The minimum atomic E-state index is -0.535. The average molecular weight is 375 g/mol. The molecule has 0 atom stereocenters. The quantitative estimate of drug-likeness (QED) is 0.828. The maximum Gasteiger partial charge on any atom is 0.410 e. The molecule has 2 aliphatic rings. The maximum atomic E-state index is 12.6. The van der Waals surface area contributed by atoms with E-state index < -0.39 is 5.60 Å². The molecule has 0 aliphatic carbocycles. The summed E-state index contributed by atoms with van der Waals surface area (Å²) in [5, 5.41) is 5.60. The number of carbonyl (C=O) groups excluding carboxylic acids is 3. The lowest BCUT2D eigenvalue weighted by molar-refractivity contribution is -0.121. The Morgan fingerprint density at radius 1 is 1.26 bits per heavy atom. The topological polar surface area (TPSA) is 97.0 Å². The van der Waals surface area contributed by atoms with Gasteiger partial charge in [-0.3, -0.25) is 9.59 Å². The zero-order valence-electron chi connectivity index (χ0n) is 15.8. The molecule has 27 heavy (non-hydrogen) atoms. The van der Waals surface area contributed by atoms with Crippen molar-refractivity contribution in [2.45, 2.75) is 39.2 Å². The third kappa shape index (κ3) is 4.69. The molecule has 0 spiro atoms. The Labute approximate surface area is 158 Å². The molecule has 0 saturated carbocycles. The van der Waals surface area contributed by atoms with Crippen LogP contribution in [-0.2, 0) is 14.3 Å². The van der Waals surface area contributed by atoms with Gasteiger partial charge in [-0.25, -0.2) is 4.79 Å². The molecule has 146 valence electrons. The Hall–Kier alpha value is -2.77. The summed E-state index contributed by atoms with van der Waals surface area (Å²) in [5.74, 6) is -0.0670. The van der Waals surface area contributed by atoms with Gasteiger partial charge in [0.25, 0.3) is 5.91 Å². The molecule has 8 heteroatoms. The number of nitrogens with one attached hydrogen (secondary N) is 2. The van der Waals surface area contributed by atoms with Crippen LogP contribution in [0.2, 0.25) is 0 Å². The maximum absolute atomic E-state index is 12.6. The summed E-state index contributed by atoms with van der Waals surface area (Å²) in [6.45, 7) is 6.37. The van der Waals surface area contributed by atoms with Crippen molar-refractivity contribution in [1.82, 2.24) is 4.90 Å². The summed E-state index contributed by atoms with van der Waals surface area (Å²) >= 11 is 0. The highest BCUT2D eigenvalue weighted by Crippen LogP contribution is 2.36. The SMILES string of the molecule is CC(C)(C)OC(=O)N1CCC(C(=O)Nc2cccc3c2OCC(=O)N3)CC1. The van der Waals surface area contributed by atoms with E-state index in [0.29, 0.717) is 43.1 Å². The molecule has 0 bridgehead atoms. The van der Waals surface area contributed by atoms with E-state index in [0.717, 1.165) is 0 Å². The monoisotopic (exact) mass is 375 g/mol. The van der Waals surface area contributed by atoms with Crippen LogP contribution in [0.3, 0.4) is 0 Å². The fourth-order valence-electron chi connectivity index (χ4n) is 3.10. The number of ether oxygens (including phenoxy) is 2. The van der Waals surface area contributed by atoms with Gasteiger partial charge in [-0.05, 0) is 45.7 Å². The Bertz CT molecular complexity index is 748. The number of hydrogen-bond acceptors (Lipinski definition) is 5. The van der Waals surface area contributed by atoms with Crippen LogP contribution in [-0.4, -0.2) is 48.1 Å². The fraction of sp³-hybridized carbons (Fsp3) is 0.526. The number of para-hydroxylation sites is 1. The lowest BCUT2D eigenvalue weighted by Crippen LogP contribution is -2.43. The van der Waals surface area contributed by atoms with Crippen molar-refractivity contribution in [1.29, 1.82) is 0 Å². The molecule has 0 aromatic heterocycles. The fourth-order valence-corrected chi connectivity index (χ4v) is 3.10. The van der Waals surface area contributed by atoms with Crippen LogP contribution in [0, 0.1) is 5.92 Å². The van der Waals surface area contributed by atoms with Crippen molar-refractivity contribution in [3.8, 4) is 5.75 Å². The summed E-state index contributed by atoms with van der Waals surface area (Å²) < 4.78 is 10.8. The average Bonchev–Trinajstić information content (AvgIpc) is 2.60. The van der Waals surface area contributed by atoms with Gasteiger partial charge in [0.05, 0.1) is 11.4 Å². The summed E-state index contributed by atoms with van der Waals surface area (Å²) in [7, 11) is 0. The van der Waals surface area contributed by atoms with E-state index in [1.54, 1.807) is 23.1 Å². The molecule has 0 unspecified atom stereocenters. The number of piperidine rings is 1. The van der Waals surface area contributed by atoms with Crippen LogP contribution >= 0.6 is 0 Å². The Morgan fingerprint density at radius 2 is 1.96 bits per heavy atom. The highest BCUT2D eigenvalue weighted by molar-refractivity contribution is 6.00. The first-order valence-electron chi connectivity index (χ1n) is 9.07. The van der Waals surface area contributed by atoms with E-state index in [9.17, 15) is 14.4 Å². The Kier molecular flexibility index (Phi) is 5.25. The molecule has 2 heterocycles. The van der Waals surface area contributed by atoms with Crippen LogP contribution in [0.4, 0.5) is 16.2 Å². The minimum Gasteiger partial charge on any atom is -0.479 e. The largest absolute Gasteiger partial charge is 0.479 e. The molecule has 1 aromatic carbocycles. The third-order valence-corrected chi connectivity index (χ3v) is 4.41. The number of nitrogens with zero attached hydrogens (tertiary/aromatic N) is 1. The molecule has 1 fully saturated rings. The van der Waals surface area contributed by atoms with Crippen molar-refractivity contribution in [2.24, 2.45) is 5.92 Å². The van der Waals surface area contributed by atoms with Crippen LogP contribution in [0.25, 0.3) is 0 Å². The van der Waals surface area contributed by atoms with Gasteiger partial charge in [-0.15, -0.1) is 0 Å². The van der Waals surface area contributed by atoms with Crippen molar-refractivity contribution in [3.05, 3.63) is 18.2 Å². The van der Waals surface area contributed by atoms with Crippen molar-refractivity contribution < 1.29 is 23.9 Å². The van der Waals surface area contributed by atoms with E-state index >= 15 is 0 Å². The van der Waals surface area contributed by atoms with E-state index in [1.807, 2.05) is 20.8 Å². The van der Waals surface area contributed by atoms with Gasteiger partial charge in [0, 0.05) is 19.0 Å². The van der Waals surface area contributed by atoms with Gasteiger partial charge in [-0.2, -0.15) is 0 Å². The molecule has 3 rings (SSSR count). The van der Waals surface area contributed by atoms with E-state index in [4.69, 9.17) is 9.47 Å². The number of benzene rings is 1. The van der Waals surface area contributed by atoms with Gasteiger partial charge in [0.15, 0.2) is 12.4 Å². The van der Waals surface area contributed by atoms with Crippen molar-refractivity contribution in [3.63, 3.8) is 0 Å². The molecule has 2 N–H and O–H groups in total. The molecule has 1 aromatic rings. The van der Waals surface area contributed by atoms with Crippen LogP contribution < -0.4 is 15.4 Å². The van der Waals surface area contributed by atoms with Gasteiger partial charge >= 0.3 is 6.09 Å². The smallest absolute Gasteiger partial charge is 0.410 e. The molecule has 2 aliphatic heterocycles. The number of hydrogen-bond donors (Lipinski definition) is 2. The second kappa shape index (κ2) is 7.46. The highest BCUT2D eigenvalue weighted by atomic mass is 16.6. The number of anilines is 2. The summed E-state index contributed by atoms with van der Waals surface area (Å²) in [6.07, 6.45) is 0.790. The van der Waals surface area contributed by atoms with Crippen LogP contribution in [0.5, 0.6) is 5.75 Å². The molecule has 3 amide bonds.